The van der Waals surface area contributed by atoms with Gasteiger partial charge in [0, 0.05) is 12.6 Å². The highest BCUT2D eigenvalue weighted by Gasteiger charge is 2.37. The largest absolute Gasteiger partial charge is 0.480 e. The fraction of sp³-hybridized carbons (Fsp3) is 0.462. The van der Waals surface area contributed by atoms with Crippen LogP contribution in [-0.4, -0.2) is 39.8 Å². The fourth-order valence-electron chi connectivity index (χ4n) is 2.43. The number of carbonyl (C=O) groups is 1. The summed E-state index contributed by atoms with van der Waals surface area (Å²) in [5.41, 5.74) is 1.08. The van der Waals surface area contributed by atoms with Crippen molar-refractivity contribution in [2.75, 3.05) is 6.61 Å². The number of aliphatic carboxylic acids is 1. The smallest absolute Gasteiger partial charge is 0.320 e. The van der Waals surface area contributed by atoms with Crippen LogP contribution < -0.4 is 0 Å². The lowest BCUT2D eigenvalue weighted by molar-refractivity contribution is -0.143. The van der Waals surface area contributed by atoms with Gasteiger partial charge >= 0.3 is 5.97 Å². The van der Waals surface area contributed by atoms with Gasteiger partial charge in [-0.2, -0.15) is 0 Å². The molecule has 0 radical (unpaired) electrons. The molecule has 1 saturated heterocycles. The van der Waals surface area contributed by atoms with Gasteiger partial charge in [-0.3, -0.25) is 9.69 Å². The summed E-state index contributed by atoms with van der Waals surface area (Å²) in [6, 6.07) is 9.27. The van der Waals surface area contributed by atoms with E-state index in [9.17, 15) is 9.90 Å². The summed E-state index contributed by atoms with van der Waals surface area (Å²) in [6.07, 6.45) is 1.37. The van der Waals surface area contributed by atoms with E-state index in [-0.39, 0.29) is 12.6 Å². The van der Waals surface area contributed by atoms with Crippen LogP contribution in [0.15, 0.2) is 30.3 Å². The molecule has 1 aromatic rings. The Morgan fingerprint density at radius 3 is 2.59 bits per heavy atom. The predicted octanol–water partition coefficient (Wildman–Crippen LogP) is 1.10. The summed E-state index contributed by atoms with van der Waals surface area (Å²) in [5, 5.41) is 18.4. The summed E-state index contributed by atoms with van der Waals surface area (Å²) in [4.78, 5) is 13.0. The molecule has 1 heterocycles. The second-order valence-electron chi connectivity index (χ2n) is 4.43. The molecule has 4 nitrogen and oxygen atoms in total. The first kappa shape index (κ1) is 12.1. The molecule has 2 atom stereocenters. The van der Waals surface area contributed by atoms with E-state index in [1.54, 1.807) is 0 Å². The molecule has 2 N–H and O–H groups in total. The molecule has 1 aliphatic heterocycles. The molecule has 17 heavy (non-hydrogen) atoms. The average Bonchev–Trinajstić information content (AvgIpc) is 2.73. The van der Waals surface area contributed by atoms with Crippen molar-refractivity contribution in [3.05, 3.63) is 35.9 Å². The molecule has 0 unspecified atom stereocenters. The third kappa shape index (κ3) is 2.65. The van der Waals surface area contributed by atoms with Gasteiger partial charge in [0.15, 0.2) is 0 Å². The van der Waals surface area contributed by atoms with Crippen LogP contribution in [0.4, 0.5) is 0 Å². The number of rotatable bonds is 4. The molecule has 0 spiro atoms. The number of aliphatic hydroxyl groups is 1. The Labute approximate surface area is 100 Å². The van der Waals surface area contributed by atoms with E-state index in [1.807, 2.05) is 35.2 Å². The average molecular weight is 235 g/mol. The van der Waals surface area contributed by atoms with Crippen LogP contribution in [0.5, 0.6) is 0 Å². The van der Waals surface area contributed by atoms with Crippen molar-refractivity contribution in [2.45, 2.75) is 31.5 Å². The highest BCUT2D eigenvalue weighted by Crippen LogP contribution is 2.26. The molecular formula is C13H17NO3. The van der Waals surface area contributed by atoms with Gasteiger partial charge < -0.3 is 10.2 Å². The van der Waals surface area contributed by atoms with Crippen molar-refractivity contribution in [3.63, 3.8) is 0 Å². The number of likely N-dealkylation sites (tertiary alicyclic amines) is 1. The minimum Gasteiger partial charge on any atom is -0.480 e. The van der Waals surface area contributed by atoms with Crippen molar-refractivity contribution in [2.24, 2.45) is 0 Å². The van der Waals surface area contributed by atoms with E-state index in [0.717, 1.165) is 12.0 Å². The van der Waals surface area contributed by atoms with Crippen molar-refractivity contribution in [3.8, 4) is 0 Å². The van der Waals surface area contributed by atoms with Gasteiger partial charge in [0.1, 0.15) is 6.04 Å². The number of carboxylic acid groups (broad SMARTS) is 1. The van der Waals surface area contributed by atoms with E-state index in [1.165, 1.54) is 0 Å². The third-order valence-electron chi connectivity index (χ3n) is 3.35. The minimum absolute atomic E-state index is 0.0244. The lowest BCUT2D eigenvalue weighted by Gasteiger charge is -2.26. The molecular weight excluding hydrogens is 218 g/mol. The molecule has 0 amide bonds. The Hall–Kier alpha value is -1.39. The molecule has 1 aliphatic rings. The van der Waals surface area contributed by atoms with Gasteiger partial charge in [-0.15, -0.1) is 0 Å². The number of hydrogen-bond donors (Lipinski definition) is 2. The summed E-state index contributed by atoms with van der Waals surface area (Å²) in [5.74, 6) is -0.795. The van der Waals surface area contributed by atoms with Crippen LogP contribution in [0.1, 0.15) is 18.4 Å². The topological polar surface area (TPSA) is 60.8 Å². The number of aliphatic hydroxyl groups excluding tert-OH is 1. The van der Waals surface area contributed by atoms with Crippen molar-refractivity contribution in [1.82, 2.24) is 4.90 Å². The van der Waals surface area contributed by atoms with Crippen LogP contribution in [0.25, 0.3) is 0 Å². The highest BCUT2D eigenvalue weighted by atomic mass is 16.4. The van der Waals surface area contributed by atoms with Gasteiger partial charge in [-0.25, -0.2) is 0 Å². The Morgan fingerprint density at radius 1 is 1.29 bits per heavy atom. The van der Waals surface area contributed by atoms with Gasteiger partial charge in [0.05, 0.1) is 6.61 Å². The summed E-state index contributed by atoms with van der Waals surface area (Å²) in [6.45, 7) is 0.611. The molecule has 1 fully saturated rings. The van der Waals surface area contributed by atoms with Crippen molar-refractivity contribution < 1.29 is 15.0 Å². The maximum absolute atomic E-state index is 11.1. The number of hydrogen-bond acceptors (Lipinski definition) is 3. The Morgan fingerprint density at radius 2 is 2.00 bits per heavy atom. The molecule has 4 heteroatoms. The third-order valence-corrected chi connectivity index (χ3v) is 3.35. The summed E-state index contributed by atoms with van der Waals surface area (Å²) >= 11 is 0. The maximum Gasteiger partial charge on any atom is 0.320 e. The first-order chi connectivity index (χ1) is 8.22. The molecule has 0 aliphatic carbocycles. The second kappa shape index (κ2) is 5.29. The van der Waals surface area contributed by atoms with E-state index < -0.39 is 12.0 Å². The Bertz CT molecular complexity index is 380. The summed E-state index contributed by atoms with van der Waals surface area (Å²) < 4.78 is 0. The lowest BCUT2D eigenvalue weighted by Crippen LogP contribution is -2.41. The first-order valence-corrected chi connectivity index (χ1v) is 5.85. The van der Waals surface area contributed by atoms with Gasteiger partial charge in [0.25, 0.3) is 0 Å². The number of nitrogens with zero attached hydrogens (tertiary/aromatic N) is 1. The SMILES string of the molecule is O=C(O)[C@@H]1CC[C@H](CO)N1Cc1ccccc1. The van der Waals surface area contributed by atoms with Crippen LogP contribution in [0.2, 0.25) is 0 Å². The van der Waals surface area contributed by atoms with Crippen LogP contribution in [-0.2, 0) is 11.3 Å². The normalized spacial score (nSPS) is 25.0. The zero-order valence-electron chi connectivity index (χ0n) is 9.62. The van der Waals surface area contributed by atoms with Gasteiger partial charge in [0.2, 0.25) is 0 Å². The van der Waals surface area contributed by atoms with E-state index >= 15 is 0 Å². The van der Waals surface area contributed by atoms with Gasteiger partial charge in [-0.1, -0.05) is 30.3 Å². The molecule has 0 saturated carbocycles. The minimum atomic E-state index is -0.795. The summed E-state index contributed by atoms with van der Waals surface area (Å²) in [7, 11) is 0. The number of carboxylic acids is 1. The zero-order chi connectivity index (χ0) is 12.3. The van der Waals surface area contributed by atoms with Gasteiger partial charge in [-0.05, 0) is 18.4 Å². The molecule has 1 aromatic carbocycles. The monoisotopic (exact) mass is 235 g/mol. The van der Waals surface area contributed by atoms with Crippen molar-refractivity contribution >= 4 is 5.97 Å². The maximum atomic E-state index is 11.1. The standard InChI is InChI=1S/C13H17NO3/c15-9-11-6-7-12(13(16)17)14(11)8-10-4-2-1-3-5-10/h1-5,11-12,15H,6-9H2,(H,16,17)/t11-,12+/m1/s1. The van der Waals surface area contributed by atoms with E-state index in [0.29, 0.717) is 13.0 Å². The number of benzene rings is 1. The Balaban J connectivity index is 2.12. The molecule has 0 aromatic heterocycles. The van der Waals surface area contributed by atoms with Crippen molar-refractivity contribution in [1.29, 1.82) is 0 Å². The van der Waals surface area contributed by atoms with Crippen LogP contribution in [0.3, 0.4) is 0 Å². The van der Waals surface area contributed by atoms with Crippen LogP contribution >= 0.6 is 0 Å². The zero-order valence-corrected chi connectivity index (χ0v) is 9.62. The fourth-order valence-corrected chi connectivity index (χ4v) is 2.43. The molecule has 2 rings (SSSR count). The lowest BCUT2D eigenvalue weighted by atomic mass is 10.2. The predicted molar refractivity (Wildman–Crippen MR) is 63.5 cm³/mol. The Kier molecular flexibility index (Phi) is 3.76. The quantitative estimate of drug-likeness (QED) is 0.820. The van der Waals surface area contributed by atoms with E-state index in [4.69, 9.17) is 5.11 Å². The second-order valence-corrected chi connectivity index (χ2v) is 4.43. The first-order valence-electron chi connectivity index (χ1n) is 5.85. The van der Waals surface area contributed by atoms with Crippen LogP contribution in [0, 0.1) is 0 Å². The highest BCUT2D eigenvalue weighted by molar-refractivity contribution is 5.73. The molecule has 0 bridgehead atoms. The van der Waals surface area contributed by atoms with E-state index in [2.05, 4.69) is 0 Å². The molecule has 92 valence electrons.